The molecule has 1 unspecified atom stereocenters. The van der Waals surface area contributed by atoms with E-state index in [0.717, 1.165) is 59.6 Å². The summed E-state index contributed by atoms with van der Waals surface area (Å²) in [6, 6.07) is 20.6. The number of hydrogen-bond acceptors (Lipinski definition) is 8. The number of ether oxygens (including phenoxy) is 6. The van der Waals surface area contributed by atoms with E-state index >= 15 is 0 Å². The summed E-state index contributed by atoms with van der Waals surface area (Å²) in [4.78, 5) is 7.34. The largest absolute Gasteiger partial charge is 0.493 e. The van der Waals surface area contributed by atoms with Gasteiger partial charge < -0.3 is 28.4 Å². The van der Waals surface area contributed by atoms with Crippen molar-refractivity contribution in [3.63, 3.8) is 0 Å². The maximum Gasteiger partial charge on any atom is 0.204 e. The molecule has 4 heterocycles. The van der Waals surface area contributed by atoms with Gasteiger partial charge in [0.1, 0.15) is 5.75 Å². The quantitative estimate of drug-likeness (QED) is 0.248. The predicted octanol–water partition coefficient (Wildman–Crippen LogP) is 6.98. The molecule has 8 heteroatoms. The lowest BCUT2D eigenvalue weighted by Crippen LogP contribution is -2.34. The van der Waals surface area contributed by atoms with E-state index in [1.807, 2.05) is 18.2 Å². The second-order valence-corrected chi connectivity index (χ2v) is 11.7. The molecular formula is C37H38N2O6. The summed E-state index contributed by atoms with van der Waals surface area (Å²) in [6.45, 7) is 1.62. The third-order valence-corrected chi connectivity index (χ3v) is 9.13. The molecule has 45 heavy (non-hydrogen) atoms. The van der Waals surface area contributed by atoms with Crippen LogP contribution in [0.1, 0.15) is 39.4 Å². The summed E-state index contributed by atoms with van der Waals surface area (Å²) < 4.78 is 36.8. The van der Waals surface area contributed by atoms with E-state index in [0.29, 0.717) is 53.1 Å². The molecule has 232 valence electrons. The van der Waals surface area contributed by atoms with Gasteiger partial charge in [0.25, 0.3) is 0 Å². The zero-order chi connectivity index (χ0) is 31.1. The Morgan fingerprint density at radius 3 is 2.22 bits per heavy atom. The van der Waals surface area contributed by atoms with Crippen molar-refractivity contribution in [1.82, 2.24) is 4.90 Å². The van der Waals surface area contributed by atoms with Gasteiger partial charge >= 0.3 is 0 Å². The highest BCUT2D eigenvalue weighted by atomic mass is 16.5. The van der Waals surface area contributed by atoms with E-state index in [2.05, 4.69) is 54.4 Å². The summed E-state index contributed by atoms with van der Waals surface area (Å²) in [5.74, 6) is 5.22. The first kappa shape index (κ1) is 29.0. The Morgan fingerprint density at radius 1 is 0.733 bits per heavy atom. The van der Waals surface area contributed by atoms with Crippen molar-refractivity contribution >= 4 is 5.71 Å². The molecule has 6 bridgehead atoms. The molecule has 0 saturated carbocycles. The minimum atomic E-state index is -0.0105. The molecule has 0 aromatic heterocycles. The number of benzene rings is 4. The molecule has 8 nitrogen and oxygen atoms in total. The van der Waals surface area contributed by atoms with E-state index in [1.54, 1.807) is 28.4 Å². The topological polar surface area (TPSA) is 71.0 Å². The molecule has 4 aliphatic rings. The van der Waals surface area contributed by atoms with Crippen LogP contribution in [-0.4, -0.2) is 59.2 Å². The number of hydrogen-bond donors (Lipinski definition) is 0. The molecule has 0 N–H and O–H groups in total. The SMILES string of the molecule is COc1ccc2cc1Oc1ccc(cc1)CC1=NCCc3cc(OC)c(cc31)Oc1c(OC)c(OC)cc3c1C(C2)N(C)CC3. The van der Waals surface area contributed by atoms with Gasteiger partial charge in [0.2, 0.25) is 5.75 Å². The Hall–Kier alpha value is -4.69. The maximum atomic E-state index is 6.96. The molecule has 0 radical (unpaired) electrons. The van der Waals surface area contributed by atoms with Gasteiger partial charge in [0.15, 0.2) is 34.5 Å². The fourth-order valence-electron chi connectivity index (χ4n) is 6.75. The first-order valence-electron chi connectivity index (χ1n) is 15.3. The zero-order valence-electron chi connectivity index (χ0n) is 26.4. The Balaban J connectivity index is 1.47. The zero-order valence-corrected chi connectivity index (χ0v) is 26.4. The number of nitrogens with zero attached hydrogens (tertiary/aromatic N) is 2. The maximum absolute atomic E-state index is 6.96. The summed E-state index contributed by atoms with van der Waals surface area (Å²) in [7, 11) is 8.83. The average Bonchev–Trinajstić information content (AvgIpc) is 3.06. The van der Waals surface area contributed by atoms with Crippen LogP contribution in [0.4, 0.5) is 0 Å². The molecule has 0 amide bonds. The van der Waals surface area contributed by atoms with Crippen LogP contribution in [0.25, 0.3) is 0 Å². The fraction of sp³-hybridized carbons (Fsp3) is 0.324. The highest BCUT2D eigenvalue weighted by Gasteiger charge is 2.34. The van der Waals surface area contributed by atoms with Crippen LogP contribution in [-0.2, 0) is 25.7 Å². The normalized spacial score (nSPS) is 17.1. The number of likely N-dealkylation sites (N-methyl/N-ethyl adjacent to an activating group) is 1. The standard InChI is InChI=1S/C37H38N2O6/c1-39-15-13-25-20-34(42-4)36(43-5)37-35(25)29(39)17-23-8-11-30(40-2)32(18-23)44-26-9-6-22(7-10-26)16-28-27-21-33(45-37)31(41-3)19-24(27)12-14-38-28/h6-11,18-21,29H,12-17H2,1-5H3. The van der Waals surface area contributed by atoms with Crippen molar-refractivity contribution in [3.8, 4) is 46.0 Å². The first-order chi connectivity index (χ1) is 22.0. The minimum Gasteiger partial charge on any atom is -0.493 e. The number of rotatable bonds is 4. The van der Waals surface area contributed by atoms with Crippen molar-refractivity contribution < 1.29 is 28.4 Å². The molecule has 0 saturated heterocycles. The van der Waals surface area contributed by atoms with Gasteiger partial charge in [-0.3, -0.25) is 9.89 Å². The third kappa shape index (κ3) is 5.33. The van der Waals surface area contributed by atoms with Crippen LogP contribution in [0.5, 0.6) is 46.0 Å². The molecule has 4 aliphatic heterocycles. The minimum absolute atomic E-state index is 0.0105. The fourth-order valence-corrected chi connectivity index (χ4v) is 6.75. The lowest BCUT2D eigenvalue weighted by Gasteiger charge is -2.37. The van der Waals surface area contributed by atoms with E-state index in [4.69, 9.17) is 33.4 Å². The van der Waals surface area contributed by atoms with E-state index in [9.17, 15) is 0 Å². The van der Waals surface area contributed by atoms with Gasteiger partial charge in [-0.15, -0.1) is 0 Å². The molecule has 8 rings (SSSR count). The lowest BCUT2D eigenvalue weighted by molar-refractivity contribution is 0.221. The molecular weight excluding hydrogens is 568 g/mol. The molecule has 0 spiro atoms. The smallest absolute Gasteiger partial charge is 0.204 e. The van der Waals surface area contributed by atoms with Crippen LogP contribution in [0.3, 0.4) is 0 Å². The van der Waals surface area contributed by atoms with Gasteiger partial charge in [0.05, 0.1) is 28.4 Å². The highest BCUT2D eigenvalue weighted by molar-refractivity contribution is 6.04. The first-order valence-corrected chi connectivity index (χ1v) is 15.3. The summed E-state index contributed by atoms with van der Waals surface area (Å²) in [5.41, 5.74) is 7.78. The van der Waals surface area contributed by atoms with Crippen LogP contribution < -0.4 is 28.4 Å². The number of methoxy groups -OCH3 is 4. The van der Waals surface area contributed by atoms with Gasteiger partial charge in [-0.05, 0) is 91.0 Å². The molecule has 4 aromatic carbocycles. The van der Waals surface area contributed by atoms with E-state index in [1.165, 1.54) is 11.1 Å². The number of aliphatic imine (C=N–C) groups is 1. The second-order valence-electron chi connectivity index (χ2n) is 11.7. The molecule has 4 aromatic rings. The summed E-state index contributed by atoms with van der Waals surface area (Å²) in [6.07, 6.45) is 3.09. The van der Waals surface area contributed by atoms with Crippen molar-refractivity contribution in [3.05, 3.63) is 94.0 Å². The van der Waals surface area contributed by atoms with Crippen molar-refractivity contribution in [1.29, 1.82) is 0 Å². The Labute approximate surface area is 264 Å². The van der Waals surface area contributed by atoms with Crippen LogP contribution >= 0.6 is 0 Å². The number of fused-ring (bicyclic) bond motifs is 2. The Morgan fingerprint density at radius 2 is 1.47 bits per heavy atom. The van der Waals surface area contributed by atoms with Crippen molar-refractivity contribution in [2.45, 2.75) is 31.7 Å². The third-order valence-electron chi connectivity index (χ3n) is 9.13. The molecule has 1 atom stereocenters. The van der Waals surface area contributed by atoms with Crippen LogP contribution in [0.2, 0.25) is 0 Å². The van der Waals surface area contributed by atoms with E-state index < -0.39 is 0 Å². The van der Waals surface area contributed by atoms with E-state index in [-0.39, 0.29) is 6.04 Å². The Bertz CT molecular complexity index is 1780. The molecule has 0 fully saturated rings. The van der Waals surface area contributed by atoms with Crippen LogP contribution in [0, 0.1) is 0 Å². The van der Waals surface area contributed by atoms with Gasteiger partial charge in [-0.2, -0.15) is 0 Å². The second kappa shape index (κ2) is 12.0. The highest BCUT2D eigenvalue weighted by Crippen LogP contribution is 2.51. The lowest BCUT2D eigenvalue weighted by atomic mass is 9.87. The monoisotopic (exact) mass is 606 g/mol. The van der Waals surface area contributed by atoms with Crippen molar-refractivity contribution in [2.75, 3.05) is 48.6 Å². The van der Waals surface area contributed by atoms with Gasteiger partial charge in [-0.1, -0.05) is 18.2 Å². The van der Waals surface area contributed by atoms with Crippen molar-refractivity contribution in [2.24, 2.45) is 4.99 Å². The Kier molecular flexibility index (Phi) is 7.75. The summed E-state index contributed by atoms with van der Waals surface area (Å²) in [5, 5.41) is 0. The molecule has 0 aliphatic carbocycles. The average molecular weight is 607 g/mol. The summed E-state index contributed by atoms with van der Waals surface area (Å²) >= 11 is 0. The van der Waals surface area contributed by atoms with Gasteiger partial charge in [0, 0.05) is 42.4 Å². The predicted molar refractivity (Wildman–Crippen MR) is 174 cm³/mol. The van der Waals surface area contributed by atoms with Gasteiger partial charge in [-0.25, -0.2) is 0 Å². The van der Waals surface area contributed by atoms with Crippen LogP contribution in [0.15, 0.2) is 65.7 Å².